The van der Waals surface area contributed by atoms with Gasteiger partial charge in [0.2, 0.25) is 0 Å². The summed E-state index contributed by atoms with van der Waals surface area (Å²) in [5.41, 5.74) is 2.17. The predicted octanol–water partition coefficient (Wildman–Crippen LogP) is 4.40. The second kappa shape index (κ2) is 8.96. The van der Waals surface area contributed by atoms with Crippen LogP contribution in [-0.4, -0.2) is 44.8 Å². The summed E-state index contributed by atoms with van der Waals surface area (Å²) in [4.78, 5) is 2.43. The Bertz CT molecular complexity index is 749. The molecule has 2 aromatic rings. The summed E-state index contributed by atoms with van der Waals surface area (Å²) in [6.45, 7) is 6.35. The van der Waals surface area contributed by atoms with Gasteiger partial charge in [-0.3, -0.25) is 4.90 Å². The summed E-state index contributed by atoms with van der Waals surface area (Å²) in [5.74, 6) is 1.48. The number of hydrogen-bond acceptors (Lipinski definition) is 4. The van der Waals surface area contributed by atoms with Gasteiger partial charge in [0, 0.05) is 36.2 Å². The van der Waals surface area contributed by atoms with E-state index >= 15 is 0 Å². The molecule has 0 saturated carbocycles. The van der Waals surface area contributed by atoms with Crippen LogP contribution in [0.1, 0.15) is 24.1 Å². The summed E-state index contributed by atoms with van der Waals surface area (Å²) in [7, 11) is 1.65. The first kappa shape index (κ1) is 19.3. The van der Waals surface area contributed by atoms with E-state index in [1.807, 2.05) is 25.1 Å². The van der Waals surface area contributed by atoms with Gasteiger partial charge in [0.25, 0.3) is 0 Å². The van der Waals surface area contributed by atoms with Gasteiger partial charge in [0.1, 0.15) is 0 Å². The first-order chi connectivity index (χ1) is 12.6. The highest BCUT2D eigenvalue weighted by atomic mass is 35.5. The Morgan fingerprint density at radius 1 is 1.08 bits per heavy atom. The molecule has 1 fully saturated rings. The lowest BCUT2D eigenvalue weighted by Gasteiger charge is -2.36. The fraction of sp³-hybridized carbons (Fsp3) is 0.400. The molecular weight excluding hydrogens is 371 g/mol. The Balaban J connectivity index is 2.06. The third-order valence-electron chi connectivity index (χ3n) is 4.58. The van der Waals surface area contributed by atoms with Gasteiger partial charge in [0.15, 0.2) is 11.5 Å². The zero-order valence-corrected chi connectivity index (χ0v) is 16.6. The highest BCUT2D eigenvalue weighted by Crippen LogP contribution is 2.38. The normalized spacial score (nSPS) is 16.3. The number of piperazine rings is 1. The van der Waals surface area contributed by atoms with Gasteiger partial charge in [-0.05, 0) is 42.3 Å². The van der Waals surface area contributed by atoms with Crippen molar-refractivity contribution in [3.8, 4) is 11.5 Å². The average Bonchev–Trinajstić information content (AvgIpc) is 2.65. The zero-order valence-electron chi connectivity index (χ0n) is 15.1. The van der Waals surface area contributed by atoms with Gasteiger partial charge in [-0.1, -0.05) is 35.3 Å². The molecule has 0 spiro atoms. The lowest BCUT2D eigenvalue weighted by Crippen LogP contribution is -2.45. The van der Waals surface area contributed by atoms with E-state index in [2.05, 4.69) is 22.3 Å². The monoisotopic (exact) mass is 394 g/mol. The highest BCUT2D eigenvalue weighted by molar-refractivity contribution is 6.35. The lowest BCUT2D eigenvalue weighted by molar-refractivity contribution is 0.198. The van der Waals surface area contributed by atoms with Crippen molar-refractivity contribution in [3.05, 3.63) is 57.6 Å². The van der Waals surface area contributed by atoms with E-state index in [9.17, 15) is 0 Å². The van der Waals surface area contributed by atoms with Crippen molar-refractivity contribution in [3.63, 3.8) is 0 Å². The van der Waals surface area contributed by atoms with Crippen molar-refractivity contribution in [2.45, 2.75) is 13.0 Å². The molecule has 4 nitrogen and oxygen atoms in total. The third kappa shape index (κ3) is 4.26. The summed E-state index contributed by atoms with van der Waals surface area (Å²) in [5, 5.41) is 4.72. The molecule has 0 aromatic heterocycles. The second-order valence-corrected chi connectivity index (χ2v) is 7.04. The molecule has 26 heavy (non-hydrogen) atoms. The van der Waals surface area contributed by atoms with E-state index in [4.69, 9.17) is 32.7 Å². The molecule has 0 aliphatic carbocycles. The van der Waals surface area contributed by atoms with Gasteiger partial charge in [-0.2, -0.15) is 0 Å². The number of rotatable bonds is 6. The van der Waals surface area contributed by atoms with Crippen molar-refractivity contribution in [2.75, 3.05) is 39.9 Å². The molecule has 1 aliphatic rings. The third-order valence-corrected chi connectivity index (χ3v) is 5.14. The van der Waals surface area contributed by atoms with Crippen LogP contribution in [-0.2, 0) is 0 Å². The number of nitrogens with zero attached hydrogens (tertiary/aromatic N) is 1. The molecule has 6 heteroatoms. The smallest absolute Gasteiger partial charge is 0.161 e. The largest absolute Gasteiger partial charge is 0.493 e. The number of ether oxygens (including phenoxy) is 2. The number of halogens is 2. The Labute approximate surface area is 165 Å². The Hall–Kier alpha value is -1.46. The maximum absolute atomic E-state index is 6.57. The molecule has 1 atom stereocenters. The molecule has 1 saturated heterocycles. The van der Waals surface area contributed by atoms with Crippen LogP contribution in [0.15, 0.2) is 36.4 Å². The summed E-state index contributed by atoms with van der Waals surface area (Å²) in [6, 6.07) is 11.8. The van der Waals surface area contributed by atoms with Gasteiger partial charge in [0.05, 0.1) is 19.8 Å². The van der Waals surface area contributed by atoms with E-state index in [0.29, 0.717) is 16.7 Å². The number of benzene rings is 2. The topological polar surface area (TPSA) is 33.7 Å². The lowest BCUT2D eigenvalue weighted by atomic mass is 9.96. The summed E-state index contributed by atoms with van der Waals surface area (Å²) < 4.78 is 11.2. The highest BCUT2D eigenvalue weighted by Gasteiger charge is 2.26. The van der Waals surface area contributed by atoms with Crippen LogP contribution < -0.4 is 14.8 Å². The molecule has 1 N–H and O–H groups in total. The minimum atomic E-state index is 0.0342. The van der Waals surface area contributed by atoms with Crippen molar-refractivity contribution >= 4 is 23.2 Å². The predicted molar refractivity (Wildman–Crippen MR) is 107 cm³/mol. The number of nitrogens with one attached hydrogen (secondary N) is 1. The standard InChI is InChI=1S/C20H24Cl2N2O2/c1-3-26-19-12-14(4-7-18(19)25-2)20(24-10-8-23-9-11-24)16-6-5-15(21)13-17(16)22/h4-7,12-13,20,23H,3,8-11H2,1-2H3. The van der Waals surface area contributed by atoms with Gasteiger partial charge >= 0.3 is 0 Å². The SMILES string of the molecule is CCOc1cc(C(c2ccc(Cl)cc2Cl)N2CCNCC2)ccc1OC. The molecule has 140 valence electrons. The Morgan fingerprint density at radius 2 is 1.85 bits per heavy atom. The van der Waals surface area contributed by atoms with E-state index in [-0.39, 0.29) is 6.04 Å². The van der Waals surface area contributed by atoms with Crippen molar-refractivity contribution in [1.82, 2.24) is 10.2 Å². The maximum atomic E-state index is 6.57. The second-order valence-electron chi connectivity index (χ2n) is 6.20. The van der Waals surface area contributed by atoms with Crippen LogP contribution >= 0.6 is 23.2 Å². The minimum absolute atomic E-state index is 0.0342. The van der Waals surface area contributed by atoms with Crippen LogP contribution in [0.4, 0.5) is 0 Å². The molecule has 1 unspecified atom stereocenters. The zero-order chi connectivity index (χ0) is 18.5. The van der Waals surface area contributed by atoms with Crippen LogP contribution in [0.5, 0.6) is 11.5 Å². The average molecular weight is 395 g/mol. The molecule has 1 heterocycles. The number of methoxy groups -OCH3 is 1. The number of hydrogen-bond donors (Lipinski definition) is 1. The molecule has 0 amide bonds. The van der Waals surface area contributed by atoms with Gasteiger partial charge < -0.3 is 14.8 Å². The molecule has 1 aliphatic heterocycles. The molecular formula is C20H24Cl2N2O2. The van der Waals surface area contributed by atoms with E-state index in [1.54, 1.807) is 13.2 Å². The van der Waals surface area contributed by atoms with Gasteiger partial charge in [-0.15, -0.1) is 0 Å². The van der Waals surface area contributed by atoms with Crippen LogP contribution in [0.2, 0.25) is 10.0 Å². The van der Waals surface area contributed by atoms with Gasteiger partial charge in [-0.25, -0.2) is 0 Å². The maximum Gasteiger partial charge on any atom is 0.161 e. The summed E-state index contributed by atoms with van der Waals surface area (Å²) >= 11 is 12.7. The van der Waals surface area contributed by atoms with E-state index < -0.39 is 0 Å². The molecule has 3 rings (SSSR count). The van der Waals surface area contributed by atoms with Crippen molar-refractivity contribution in [1.29, 1.82) is 0 Å². The molecule has 0 radical (unpaired) electrons. The molecule has 2 aromatic carbocycles. The van der Waals surface area contributed by atoms with Crippen LogP contribution in [0.3, 0.4) is 0 Å². The van der Waals surface area contributed by atoms with E-state index in [0.717, 1.165) is 48.8 Å². The van der Waals surface area contributed by atoms with E-state index in [1.165, 1.54) is 0 Å². The quantitative estimate of drug-likeness (QED) is 0.787. The van der Waals surface area contributed by atoms with Crippen LogP contribution in [0.25, 0.3) is 0 Å². The summed E-state index contributed by atoms with van der Waals surface area (Å²) in [6.07, 6.45) is 0. The minimum Gasteiger partial charge on any atom is -0.493 e. The molecule has 0 bridgehead atoms. The fourth-order valence-electron chi connectivity index (χ4n) is 3.38. The van der Waals surface area contributed by atoms with Crippen molar-refractivity contribution in [2.24, 2.45) is 0 Å². The first-order valence-electron chi connectivity index (χ1n) is 8.84. The fourth-order valence-corrected chi connectivity index (χ4v) is 3.89. The van der Waals surface area contributed by atoms with Crippen molar-refractivity contribution < 1.29 is 9.47 Å². The Morgan fingerprint density at radius 3 is 2.50 bits per heavy atom. The van der Waals surface area contributed by atoms with Crippen LogP contribution in [0, 0.1) is 0 Å². The first-order valence-corrected chi connectivity index (χ1v) is 9.60. The Kier molecular flexibility index (Phi) is 6.65.